The number of aromatic hydroxyl groups is 2. The van der Waals surface area contributed by atoms with Gasteiger partial charge in [0.15, 0.2) is 5.78 Å². The molecule has 0 amide bonds. The zero-order chi connectivity index (χ0) is 7.72. The Balaban J connectivity index is 3.23. The topological polar surface area (TPSA) is 73.3 Å². The Bertz CT molecular complexity index is 244. The lowest BCUT2D eigenvalue weighted by Crippen LogP contribution is -1.88. The minimum absolute atomic E-state index is 0.0556. The summed E-state index contributed by atoms with van der Waals surface area (Å²) in [6, 6.07) is 0. The number of carbonyl (C=O) groups excluding carboxylic acids is 1. The highest BCUT2D eigenvalue weighted by molar-refractivity contribution is 5.98. The van der Waals surface area contributed by atoms with E-state index in [1.54, 1.807) is 0 Å². The van der Waals surface area contributed by atoms with Crippen molar-refractivity contribution < 1.29 is 15.0 Å². The number of H-pyrrole nitrogens is 1. The monoisotopic (exact) mass is 141 g/mol. The number of carbonyl (C=O) groups is 1. The maximum Gasteiger partial charge on any atom is 0.203 e. The van der Waals surface area contributed by atoms with E-state index >= 15 is 0 Å². The smallest absolute Gasteiger partial charge is 0.203 e. The van der Waals surface area contributed by atoms with Gasteiger partial charge in [0, 0.05) is 6.20 Å². The molecule has 0 atom stereocenters. The Hall–Kier alpha value is -1.45. The normalized spacial score (nSPS) is 9.70. The molecule has 0 spiro atoms. The molecule has 0 bridgehead atoms. The average Bonchev–Trinajstić information content (AvgIpc) is 2.11. The van der Waals surface area contributed by atoms with E-state index in [4.69, 9.17) is 10.2 Å². The van der Waals surface area contributed by atoms with Gasteiger partial charge in [0.2, 0.25) is 5.88 Å². The lowest BCUT2D eigenvalue weighted by molar-refractivity contribution is 0.101. The highest BCUT2D eigenvalue weighted by Gasteiger charge is 2.12. The van der Waals surface area contributed by atoms with Crippen LogP contribution < -0.4 is 0 Å². The van der Waals surface area contributed by atoms with Crippen LogP contribution in [-0.4, -0.2) is 21.0 Å². The summed E-state index contributed by atoms with van der Waals surface area (Å²) in [5, 5.41) is 17.8. The van der Waals surface area contributed by atoms with Gasteiger partial charge >= 0.3 is 0 Å². The largest absolute Gasteiger partial charge is 0.505 e. The molecule has 10 heavy (non-hydrogen) atoms. The molecule has 4 heteroatoms. The van der Waals surface area contributed by atoms with Crippen molar-refractivity contribution in [3.8, 4) is 11.6 Å². The molecule has 1 aromatic rings. The van der Waals surface area contributed by atoms with Crippen LogP contribution in [0.15, 0.2) is 6.20 Å². The lowest BCUT2D eigenvalue weighted by Gasteiger charge is -1.90. The SMILES string of the molecule is CC(=O)c1c(O)c[nH]c1O. The summed E-state index contributed by atoms with van der Waals surface area (Å²) in [7, 11) is 0. The summed E-state index contributed by atoms with van der Waals surface area (Å²) in [5.41, 5.74) is -0.0556. The Morgan fingerprint density at radius 1 is 1.60 bits per heavy atom. The van der Waals surface area contributed by atoms with Gasteiger partial charge in [-0.1, -0.05) is 0 Å². The van der Waals surface area contributed by atoms with Crippen LogP contribution in [0.3, 0.4) is 0 Å². The van der Waals surface area contributed by atoms with Crippen LogP contribution in [0.1, 0.15) is 17.3 Å². The first-order valence-corrected chi connectivity index (χ1v) is 2.73. The number of aromatic nitrogens is 1. The van der Waals surface area contributed by atoms with Gasteiger partial charge in [-0.05, 0) is 6.92 Å². The number of Topliss-reactive ketones (excluding diaryl/α,β-unsaturated/α-hetero) is 1. The average molecular weight is 141 g/mol. The molecule has 0 radical (unpaired) electrons. The van der Waals surface area contributed by atoms with Crippen molar-refractivity contribution in [2.75, 3.05) is 0 Å². The molecule has 0 saturated heterocycles. The number of ketones is 1. The first-order chi connectivity index (χ1) is 4.63. The van der Waals surface area contributed by atoms with Crippen molar-refractivity contribution in [3.05, 3.63) is 11.8 Å². The molecule has 0 aromatic carbocycles. The molecule has 0 aliphatic heterocycles. The quantitative estimate of drug-likeness (QED) is 0.502. The van der Waals surface area contributed by atoms with Gasteiger partial charge in [0.05, 0.1) is 0 Å². The second-order valence-electron chi connectivity index (χ2n) is 1.95. The molecule has 0 aliphatic carbocycles. The molecule has 0 aliphatic rings. The van der Waals surface area contributed by atoms with E-state index < -0.39 is 0 Å². The van der Waals surface area contributed by atoms with Crippen molar-refractivity contribution in [2.24, 2.45) is 0 Å². The predicted octanol–water partition coefficient (Wildman–Crippen LogP) is 0.628. The zero-order valence-corrected chi connectivity index (χ0v) is 5.38. The Morgan fingerprint density at radius 2 is 2.20 bits per heavy atom. The predicted molar refractivity (Wildman–Crippen MR) is 34.1 cm³/mol. The third-order valence-electron chi connectivity index (χ3n) is 1.19. The van der Waals surface area contributed by atoms with Crippen LogP contribution in [0.25, 0.3) is 0 Å². The van der Waals surface area contributed by atoms with Gasteiger partial charge in [-0.2, -0.15) is 0 Å². The summed E-state index contributed by atoms with van der Waals surface area (Å²) in [6.45, 7) is 1.27. The fraction of sp³-hybridized carbons (Fsp3) is 0.167. The summed E-state index contributed by atoms with van der Waals surface area (Å²) in [6.07, 6.45) is 1.16. The van der Waals surface area contributed by atoms with E-state index in [1.807, 2.05) is 0 Å². The summed E-state index contributed by atoms with van der Waals surface area (Å²) < 4.78 is 0. The van der Waals surface area contributed by atoms with Crippen molar-refractivity contribution >= 4 is 5.78 Å². The second kappa shape index (κ2) is 2.06. The van der Waals surface area contributed by atoms with E-state index in [0.29, 0.717) is 0 Å². The van der Waals surface area contributed by atoms with Crippen molar-refractivity contribution in [1.29, 1.82) is 0 Å². The van der Waals surface area contributed by atoms with Gasteiger partial charge in [-0.15, -0.1) is 0 Å². The Kier molecular flexibility index (Phi) is 1.37. The van der Waals surface area contributed by atoms with E-state index in [-0.39, 0.29) is 23.0 Å². The second-order valence-corrected chi connectivity index (χ2v) is 1.95. The van der Waals surface area contributed by atoms with Crippen LogP contribution in [0.2, 0.25) is 0 Å². The lowest BCUT2D eigenvalue weighted by atomic mass is 10.2. The van der Waals surface area contributed by atoms with Gasteiger partial charge in [0.1, 0.15) is 11.3 Å². The van der Waals surface area contributed by atoms with Crippen LogP contribution in [0.4, 0.5) is 0 Å². The molecule has 0 unspecified atom stereocenters. The van der Waals surface area contributed by atoms with E-state index in [1.165, 1.54) is 6.92 Å². The highest BCUT2D eigenvalue weighted by atomic mass is 16.3. The van der Waals surface area contributed by atoms with Gasteiger partial charge in [-0.25, -0.2) is 0 Å². The molecule has 1 aromatic heterocycles. The van der Waals surface area contributed by atoms with Crippen molar-refractivity contribution in [2.45, 2.75) is 6.92 Å². The minimum Gasteiger partial charge on any atom is -0.505 e. The Labute approximate surface area is 57.1 Å². The Morgan fingerprint density at radius 3 is 2.40 bits per heavy atom. The molecule has 0 fully saturated rings. The fourth-order valence-corrected chi connectivity index (χ4v) is 0.749. The fourth-order valence-electron chi connectivity index (χ4n) is 0.749. The minimum atomic E-state index is -0.365. The number of hydrogen-bond donors (Lipinski definition) is 3. The van der Waals surface area contributed by atoms with Crippen LogP contribution in [0, 0.1) is 0 Å². The van der Waals surface area contributed by atoms with Crippen molar-refractivity contribution in [1.82, 2.24) is 4.98 Å². The number of nitrogens with one attached hydrogen (secondary N) is 1. The standard InChI is InChI=1S/C6H7NO3/c1-3(8)5-4(9)2-7-6(5)10/h2,7,9-10H,1H3. The summed E-state index contributed by atoms with van der Waals surface area (Å²) >= 11 is 0. The zero-order valence-electron chi connectivity index (χ0n) is 5.38. The third kappa shape index (κ3) is 0.834. The molecule has 3 N–H and O–H groups in total. The maximum absolute atomic E-state index is 10.6. The first-order valence-electron chi connectivity index (χ1n) is 2.73. The van der Waals surface area contributed by atoms with Crippen LogP contribution >= 0.6 is 0 Å². The van der Waals surface area contributed by atoms with E-state index in [9.17, 15) is 4.79 Å². The summed E-state index contributed by atoms with van der Waals surface area (Å²) in [4.78, 5) is 12.9. The van der Waals surface area contributed by atoms with Gasteiger partial charge < -0.3 is 15.2 Å². The molecular formula is C6H7NO3. The maximum atomic E-state index is 10.6. The number of aromatic amines is 1. The van der Waals surface area contributed by atoms with Crippen LogP contribution in [-0.2, 0) is 0 Å². The first kappa shape index (κ1) is 6.67. The van der Waals surface area contributed by atoms with Crippen molar-refractivity contribution in [3.63, 3.8) is 0 Å². The highest BCUT2D eigenvalue weighted by Crippen LogP contribution is 2.25. The molecule has 1 rings (SSSR count). The third-order valence-corrected chi connectivity index (χ3v) is 1.19. The van der Waals surface area contributed by atoms with E-state index in [0.717, 1.165) is 6.20 Å². The summed E-state index contributed by atoms with van der Waals surface area (Å²) in [5.74, 6) is -0.869. The van der Waals surface area contributed by atoms with E-state index in [2.05, 4.69) is 4.98 Å². The molecule has 1 heterocycles. The van der Waals surface area contributed by atoms with Crippen LogP contribution in [0.5, 0.6) is 11.6 Å². The van der Waals surface area contributed by atoms with Gasteiger partial charge in [0.25, 0.3) is 0 Å². The number of hydrogen-bond acceptors (Lipinski definition) is 3. The molecule has 0 saturated carbocycles. The molecular weight excluding hydrogens is 134 g/mol. The molecule has 4 nitrogen and oxygen atoms in total. The molecule has 54 valence electrons. The number of rotatable bonds is 1. The van der Waals surface area contributed by atoms with Gasteiger partial charge in [-0.3, -0.25) is 4.79 Å².